The summed E-state index contributed by atoms with van der Waals surface area (Å²) in [4.78, 5) is 11.1. The lowest BCUT2D eigenvalue weighted by atomic mass is 10.0. The lowest BCUT2D eigenvalue weighted by Crippen LogP contribution is -2.17. The summed E-state index contributed by atoms with van der Waals surface area (Å²) in [6, 6.07) is 0. The molecule has 0 heterocycles. The van der Waals surface area contributed by atoms with Crippen molar-refractivity contribution in [3.63, 3.8) is 0 Å². The van der Waals surface area contributed by atoms with Crippen LogP contribution >= 0.6 is 0 Å². The lowest BCUT2D eigenvalue weighted by Gasteiger charge is -2.15. The molecule has 0 aromatic carbocycles. The van der Waals surface area contributed by atoms with Crippen LogP contribution in [0.25, 0.3) is 0 Å². The Morgan fingerprint density at radius 3 is 2.50 bits per heavy atom. The quantitative estimate of drug-likeness (QED) is 0.545. The summed E-state index contributed by atoms with van der Waals surface area (Å²) in [5, 5.41) is 9.43. The van der Waals surface area contributed by atoms with Gasteiger partial charge in [0, 0.05) is 5.57 Å². The average molecular weight is 200 g/mol. The number of hydrogen-bond acceptors (Lipinski definition) is 3. The van der Waals surface area contributed by atoms with Crippen molar-refractivity contribution in [1.29, 1.82) is 0 Å². The summed E-state index contributed by atoms with van der Waals surface area (Å²) in [6.45, 7) is 7.40. The van der Waals surface area contributed by atoms with E-state index >= 15 is 0 Å². The van der Waals surface area contributed by atoms with E-state index in [1.54, 1.807) is 33.8 Å². The molecule has 0 aromatic heterocycles. The van der Waals surface area contributed by atoms with Crippen LogP contribution in [0.4, 0.5) is 0 Å². The van der Waals surface area contributed by atoms with E-state index in [9.17, 15) is 9.90 Å². The van der Waals surface area contributed by atoms with Crippen LogP contribution in [0.2, 0.25) is 0 Å². The number of allylic oxidation sites excluding steroid dienone is 1. The topological polar surface area (TPSA) is 46.5 Å². The molecule has 0 rings (SSSR count). The van der Waals surface area contributed by atoms with Crippen LogP contribution in [-0.4, -0.2) is 23.3 Å². The summed E-state index contributed by atoms with van der Waals surface area (Å²) in [6.07, 6.45) is 3.13. The van der Waals surface area contributed by atoms with Crippen LogP contribution in [-0.2, 0) is 9.53 Å². The maximum absolute atomic E-state index is 11.1. The zero-order chi connectivity index (χ0) is 11.2. The number of carbonyl (C=O) groups excluding carboxylic acids is 1. The molecule has 0 atom stereocenters. The van der Waals surface area contributed by atoms with Crippen molar-refractivity contribution >= 4 is 5.97 Å². The van der Waals surface area contributed by atoms with Gasteiger partial charge in [-0.1, -0.05) is 6.08 Å². The Bertz CT molecular complexity index is 211. The Labute approximate surface area is 85.8 Å². The van der Waals surface area contributed by atoms with Gasteiger partial charge >= 0.3 is 5.97 Å². The van der Waals surface area contributed by atoms with E-state index in [4.69, 9.17) is 4.74 Å². The Hall–Kier alpha value is -0.830. The van der Waals surface area contributed by atoms with Gasteiger partial charge < -0.3 is 9.84 Å². The Morgan fingerprint density at radius 1 is 1.50 bits per heavy atom. The number of carbonyl (C=O) groups is 1. The largest absolute Gasteiger partial charge is 0.463 e. The lowest BCUT2D eigenvalue weighted by molar-refractivity contribution is -0.138. The van der Waals surface area contributed by atoms with Crippen LogP contribution in [0.15, 0.2) is 11.6 Å². The van der Waals surface area contributed by atoms with Crippen molar-refractivity contribution in [3.05, 3.63) is 11.6 Å². The third-order valence-electron chi connectivity index (χ3n) is 1.80. The number of esters is 1. The monoisotopic (exact) mass is 200 g/mol. The van der Waals surface area contributed by atoms with Gasteiger partial charge in [-0.3, -0.25) is 0 Å². The average Bonchev–Trinajstić information content (AvgIpc) is 2.02. The van der Waals surface area contributed by atoms with E-state index in [1.165, 1.54) is 0 Å². The molecule has 0 spiro atoms. The molecular formula is C11H20O3. The number of aliphatic hydroxyl groups is 1. The zero-order valence-electron chi connectivity index (χ0n) is 9.46. The van der Waals surface area contributed by atoms with Gasteiger partial charge in [-0.25, -0.2) is 4.79 Å². The standard InChI is InChI=1S/C11H20O3/c1-5-14-10(12)9(2)7-6-8-11(3,4)13/h7,13H,5-6,8H2,1-4H3/b9-7+. The van der Waals surface area contributed by atoms with Crippen LogP contribution < -0.4 is 0 Å². The molecule has 3 nitrogen and oxygen atoms in total. The van der Waals surface area contributed by atoms with E-state index in [1.807, 2.05) is 0 Å². The fraction of sp³-hybridized carbons (Fsp3) is 0.727. The van der Waals surface area contributed by atoms with Gasteiger partial charge in [0.15, 0.2) is 0 Å². The molecule has 0 bridgehead atoms. The third-order valence-corrected chi connectivity index (χ3v) is 1.80. The highest BCUT2D eigenvalue weighted by molar-refractivity contribution is 5.87. The molecule has 0 radical (unpaired) electrons. The highest BCUT2D eigenvalue weighted by atomic mass is 16.5. The van der Waals surface area contributed by atoms with Gasteiger partial charge in [-0.15, -0.1) is 0 Å². The molecule has 0 aliphatic heterocycles. The van der Waals surface area contributed by atoms with Crippen LogP contribution in [0.1, 0.15) is 40.5 Å². The summed E-state index contributed by atoms with van der Waals surface area (Å²) < 4.78 is 4.82. The zero-order valence-corrected chi connectivity index (χ0v) is 9.46. The maximum atomic E-state index is 11.1. The Kier molecular flexibility index (Phi) is 5.46. The van der Waals surface area contributed by atoms with Gasteiger partial charge in [0.1, 0.15) is 0 Å². The molecule has 0 saturated carbocycles. The Morgan fingerprint density at radius 2 is 2.07 bits per heavy atom. The van der Waals surface area contributed by atoms with Crippen LogP contribution in [0, 0.1) is 0 Å². The van der Waals surface area contributed by atoms with Gasteiger partial charge in [0.25, 0.3) is 0 Å². The number of rotatable bonds is 5. The summed E-state index contributed by atoms with van der Waals surface area (Å²) in [5.74, 6) is -0.275. The van der Waals surface area contributed by atoms with Crippen molar-refractivity contribution in [2.24, 2.45) is 0 Å². The van der Waals surface area contributed by atoms with E-state index in [0.717, 1.165) is 0 Å². The van der Waals surface area contributed by atoms with Crippen molar-refractivity contribution in [2.75, 3.05) is 6.61 Å². The number of ether oxygens (including phenoxy) is 1. The minimum atomic E-state index is -0.675. The second-order valence-electron chi connectivity index (χ2n) is 3.96. The highest BCUT2D eigenvalue weighted by Gasteiger charge is 2.11. The predicted molar refractivity (Wildman–Crippen MR) is 55.9 cm³/mol. The van der Waals surface area contributed by atoms with Gasteiger partial charge in [-0.05, 0) is 40.5 Å². The van der Waals surface area contributed by atoms with E-state index in [0.29, 0.717) is 25.0 Å². The molecule has 0 amide bonds. The van der Waals surface area contributed by atoms with Gasteiger partial charge in [-0.2, -0.15) is 0 Å². The van der Waals surface area contributed by atoms with E-state index in [-0.39, 0.29) is 5.97 Å². The molecule has 0 fully saturated rings. The van der Waals surface area contributed by atoms with Crippen LogP contribution in [0.3, 0.4) is 0 Å². The molecule has 0 aromatic rings. The maximum Gasteiger partial charge on any atom is 0.333 e. The molecule has 1 N–H and O–H groups in total. The molecule has 3 heteroatoms. The molecule has 14 heavy (non-hydrogen) atoms. The molecule has 0 unspecified atom stereocenters. The SMILES string of the molecule is CCOC(=O)/C(C)=C/CCC(C)(C)O. The van der Waals surface area contributed by atoms with Crippen molar-refractivity contribution in [1.82, 2.24) is 0 Å². The third kappa shape index (κ3) is 6.66. The Balaban J connectivity index is 3.94. The first-order valence-corrected chi connectivity index (χ1v) is 4.93. The van der Waals surface area contributed by atoms with Crippen molar-refractivity contribution in [3.8, 4) is 0 Å². The van der Waals surface area contributed by atoms with Crippen molar-refractivity contribution < 1.29 is 14.6 Å². The smallest absolute Gasteiger partial charge is 0.333 e. The fourth-order valence-electron chi connectivity index (χ4n) is 0.970. The first-order chi connectivity index (χ1) is 6.37. The first kappa shape index (κ1) is 13.2. The molecular weight excluding hydrogens is 180 g/mol. The second-order valence-corrected chi connectivity index (χ2v) is 3.96. The first-order valence-electron chi connectivity index (χ1n) is 4.93. The van der Waals surface area contributed by atoms with E-state index in [2.05, 4.69) is 0 Å². The van der Waals surface area contributed by atoms with Gasteiger partial charge in [0.2, 0.25) is 0 Å². The summed E-state index contributed by atoms with van der Waals surface area (Å²) in [7, 11) is 0. The minimum absolute atomic E-state index is 0.275. The summed E-state index contributed by atoms with van der Waals surface area (Å²) in [5.41, 5.74) is -0.0677. The van der Waals surface area contributed by atoms with Crippen molar-refractivity contribution in [2.45, 2.75) is 46.1 Å². The normalized spacial score (nSPS) is 12.8. The second kappa shape index (κ2) is 5.81. The highest BCUT2D eigenvalue weighted by Crippen LogP contribution is 2.12. The minimum Gasteiger partial charge on any atom is -0.463 e. The molecule has 0 aliphatic rings. The predicted octanol–water partition coefficient (Wildman–Crippen LogP) is 2.05. The number of hydrogen-bond donors (Lipinski definition) is 1. The summed E-state index contributed by atoms with van der Waals surface area (Å²) >= 11 is 0. The molecule has 82 valence electrons. The fourth-order valence-corrected chi connectivity index (χ4v) is 0.970. The molecule has 0 aliphatic carbocycles. The van der Waals surface area contributed by atoms with Gasteiger partial charge in [0.05, 0.1) is 12.2 Å². The van der Waals surface area contributed by atoms with Crippen LogP contribution in [0.5, 0.6) is 0 Å². The molecule has 0 saturated heterocycles. The van der Waals surface area contributed by atoms with E-state index < -0.39 is 5.60 Å².